The predicted molar refractivity (Wildman–Crippen MR) is 90.8 cm³/mol. The molecule has 0 aliphatic rings. The van der Waals surface area contributed by atoms with Crippen molar-refractivity contribution in [1.82, 2.24) is 19.9 Å². The minimum absolute atomic E-state index is 0.121. The van der Waals surface area contributed by atoms with Gasteiger partial charge in [0.1, 0.15) is 17.8 Å². The molecule has 0 aliphatic heterocycles. The molecule has 9 heteroatoms. The van der Waals surface area contributed by atoms with E-state index in [2.05, 4.69) is 30.2 Å². The maximum absolute atomic E-state index is 11.9. The first kappa shape index (κ1) is 17.1. The number of carbonyl (C=O) groups is 1. The Labute approximate surface area is 148 Å². The third kappa shape index (κ3) is 4.01. The Hall–Kier alpha value is -3.75. The Balaban J connectivity index is 1.70. The van der Waals surface area contributed by atoms with Crippen LogP contribution in [0.2, 0.25) is 0 Å². The average molecular weight is 350 g/mol. The molecule has 1 N–H and O–H groups in total. The number of phenolic OH excluding ortho intramolecular Hbond substituents is 1. The van der Waals surface area contributed by atoms with Gasteiger partial charge in [0, 0.05) is 0 Å². The van der Waals surface area contributed by atoms with E-state index < -0.39 is 5.97 Å². The molecule has 2 heterocycles. The summed E-state index contributed by atoms with van der Waals surface area (Å²) in [6.45, 7) is 3.56. The molecule has 2 aromatic heterocycles. The standard InChI is InChI=1S/C17H14N6O3/c1-10-3-12(4-11(2)15(10)24)22-23-13-5-20-16(21-6-13)17(25)26-14-7-18-9-19-8-14/h3-9,24H,1-2H3/b23-22+. The number of benzene rings is 1. The predicted octanol–water partition coefficient (Wildman–Crippen LogP) is 3.22. The summed E-state index contributed by atoms with van der Waals surface area (Å²) in [7, 11) is 0. The van der Waals surface area contributed by atoms with E-state index in [1.165, 1.54) is 31.1 Å². The third-order valence-electron chi connectivity index (χ3n) is 3.32. The van der Waals surface area contributed by atoms with Gasteiger partial charge in [0.25, 0.3) is 0 Å². The summed E-state index contributed by atoms with van der Waals surface area (Å²) in [6.07, 6.45) is 6.75. The highest BCUT2D eigenvalue weighted by molar-refractivity contribution is 5.86. The van der Waals surface area contributed by atoms with E-state index in [1.807, 2.05) is 0 Å². The zero-order chi connectivity index (χ0) is 18.5. The number of rotatable bonds is 4. The molecule has 0 unspecified atom stereocenters. The largest absolute Gasteiger partial charge is 0.507 e. The van der Waals surface area contributed by atoms with Gasteiger partial charge in [-0.15, -0.1) is 5.11 Å². The van der Waals surface area contributed by atoms with Crippen molar-refractivity contribution < 1.29 is 14.6 Å². The maximum atomic E-state index is 11.9. The second-order valence-electron chi connectivity index (χ2n) is 5.36. The normalized spacial score (nSPS) is 10.8. The van der Waals surface area contributed by atoms with Crippen molar-refractivity contribution in [3.63, 3.8) is 0 Å². The minimum Gasteiger partial charge on any atom is -0.507 e. The lowest BCUT2D eigenvalue weighted by atomic mass is 10.1. The van der Waals surface area contributed by atoms with Crippen LogP contribution in [0.4, 0.5) is 11.4 Å². The number of aromatic hydroxyl groups is 1. The monoisotopic (exact) mass is 350 g/mol. The number of nitrogens with zero attached hydrogens (tertiary/aromatic N) is 6. The van der Waals surface area contributed by atoms with Crippen LogP contribution in [0.25, 0.3) is 0 Å². The maximum Gasteiger partial charge on any atom is 0.381 e. The Morgan fingerprint density at radius 1 is 0.962 bits per heavy atom. The Kier molecular flexibility index (Phi) is 4.88. The van der Waals surface area contributed by atoms with Crippen LogP contribution >= 0.6 is 0 Å². The van der Waals surface area contributed by atoms with Crippen molar-refractivity contribution in [3.8, 4) is 11.5 Å². The molecule has 1 aromatic carbocycles. The molecule has 0 spiro atoms. The Bertz CT molecular complexity index is 935. The lowest BCUT2D eigenvalue weighted by molar-refractivity contribution is 0.0720. The van der Waals surface area contributed by atoms with Crippen molar-refractivity contribution in [2.24, 2.45) is 10.2 Å². The van der Waals surface area contributed by atoms with Crippen LogP contribution in [-0.4, -0.2) is 31.0 Å². The molecule has 0 aliphatic carbocycles. The van der Waals surface area contributed by atoms with Crippen LogP contribution < -0.4 is 4.74 Å². The van der Waals surface area contributed by atoms with Gasteiger partial charge >= 0.3 is 5.97 Å². The lowest BCUT2D eigenvalue weighted by Crippen LogP contribution is -2.12. The molecule has 9 nitrogen and oxygen atoms in total. The van der Waals surface area contributed by atoms with E-state index in [0.29, 0.717) is 22.5 Å². The molecular weight excluding hydrogens is 336 g/mol. The summed E-state index contributed by atoms with van der Waals surface area (Å²) in [4.78, 5) is 27.3. The first-order valence-corrected chi connectivity index (χ1v) is 7.54. The number of aryl methyl sites for hydroxylation is 2. The van der Waals surface area contributed by atoms with Gasteiger partial charge in [-0.1, -0.05) is 0 Å². The SMILES string of the molecule is Cc1cc(/N=N/c2cnc(C(=O)Oc3cncnc3)nc2)cc(C)c1O. The van der Waals surface area contributed by atoms with Gasteiger partial charge < -0.3 is 9.84 Å². The van der Waals surface area contributed by atoms with Crippen molar-refractivity contribution in [2.75, 3.05) is 0 Å². The van der Waals surface area contributed by atoms with Crippen LogP contribution in [0.5, 0.6) is 11.5 Å². The van der Waals surface area contributed by atoms with Crippen LogP contribution in [0.15, 0.2) is 53.5 Å². The molecule has 3 rings (SSSR count). The van der Waals surface area contributed by atoms with Gasteiger partial charge in [0.05, 0.1) is 30.5 Å². The van der Waals surface area contributed by atoms with Crippen LogP contribution in [-0.2, 0) is 0 Å². The van der Waals surface area contributed by atoms with E-state index >= 15 is 0 Å². The van der Waals surface area contributed by atoms with Gasteiger partial charge in [-0.2, -0.15) is 5.11 Å². The number of azo groups is 1. The summed E-state index contributed by atoms with van der Waals surface area (Å²) in [6, 6.07) is 3.42. The van der Waals surface area contributed by atoms with Crippen molar-refractivity contribution in [2.45, 2.75) is 13.8 Å². The highest BCUT2D eigenvalue weighted by Gasteiger charge is 2.12. The van der Waals surface area contributed by atoms with E-state index in [9.17, 15) is 9.90 Å². The third-order valence-corrected chi connectivity index (χ3v) is 3.32. The van der Waals surface area contributed by atoms with E-state index in [-0.39, 0.29) is 17.3 Å². The van der Waals surface area contributed by atoms with E-state index in [4.69, 9.17) is 4.74 Å². The molecule has 0 bridgehead atoms. The minimum atomic E-state index is -0.729. The number of hydrogen-bond acceptors (Lipinski definition) is 9. The summed E-state index contributed by atoms with van der Waals surface area (Å²) in [5.41, 5.74) is 2.37. The Morgan fingerprint density at radius 2 is 1.54 bits per heavy atom. The summed E-state index contributed by atoms with van der Waals surface area (Å²) >= 11 is 0. The lowest BCUT2D eigenvalue weighted by Gasteiger charge is -2.03. The molecule has 0 fully saturated rings. The molecule has 26 heavy (non-hydrogen) atoms. The van der Waals surface area contributed by atoms with Crippen molar-refractivity contribution in [1.29, 1.82) is 0 Å². The fourth-order valence-corrected chi connectivity index (χ4v) is 2.08. The zero-order valence-electron chi connectivity index (χ0n) is 14.0. The topological polar surface area (TPSA) is 123 Å². The molecular formula is C17H14N6O3. The van der Waals surface area contributed by atoms with Crippen molar-refractivity contribution >= 4 is 17.3 Å². The zero-order valence-corrected chi connectivity index (χ0v) is 14.0. The van der Waals surface area contributed by atoms with Gasteiger partial charge in [-0.05, 0) is 37.1 Å². The molecule has 0 saturated heterocycles. The summed E-state index contributed by atoms with van der Waals surface area (Å²) in [5, 5.41) is 17.9. The number of phenols is 1. The molecule has 0 amide bonds. The van der Waals surface area contributed by atoms with Crippen molar-refractivity contribution in [3.05, 3.63) is 60.2 Å². The van der Waals surface area contributed by atoms with Gasteiger partial charge in [-0.25, -0.2) is 24.7 Å². The quantitative estimate of drug-likeness (QED) is 0.566. The van der Waals surface area contributed by atoms with Crippen LogP contribution in [0.3, 0.4) is 0 Å². The van der Waals surface area contributed by atoms with Crippen LogP contribution in [0.1, 0.15) is 21.7 Å². The fourth-order valence-electron chi connectivity index (χ4n) is 2.08. The summed E-state index contributed by atoms with van der Waals surface area (Å²) in [5.74, 6) is -0.418. The molecule has 0 radical (unpaired) electrons. The first-order chi connectivity index (χ1) is 12.5. The van der Waals surface area contributed by atoms with Gasteiger partial charge in [0.15, 0.2) is 5.75 Å². The van der Waals surface area contributed by atoms with E-state index in [1.54, 1.807) is 26.0 Å². The highest BCUT2D eigenvalue weighted by Crippen LogP contribution is 2.28. The molecule has 0 atom stereocenters. The highest BCUT2D eigenvalue weighted by atomic mass is 16.5. The first-order valence-electron chi connectivity index (χ1n) is 7.54. The second kappa shape index (κ2) is 7.43. The summed E-state index contributed by atoms with van der Waals surface area (Å²) < 4.78 is 5.04. The number of ether oxygens (including phenoxy) is 1. The van der Waals surface area contributed by atoms with E-state index in [0.717, 1.165) is 0 Å². The fraction of sp³-hybridized carbons (Fsp3) is 0.118. The average Bonchev–Trinajstić information content (AvgIpc) is 2.65. The smallest absolute Gasteiger partial charge is 0.381 e. The number of hydrogen-bond donors (Lipinski definition) is 1. The van der Waals surface area contributed by atoms with Crippen LogP contribution in [0, 0.1) is 13.8 Å². The second-order valence-corrected chi connectivity index (χ2v) is 5.36. The molecule has 3 aromatic rings. The van der Waals surface area contributed by atoms with Gasteiger partial charge in [-0.3, -0.25) is 0 Å². The van der Waals surface area contributed by atoms with Gasteiger partial charge in [0.2, 0.25) is 5.82 Å². The number of aromatic nitrogens is 4. The number of esters is 1. The number of carbonyl (C=O) groups excluding carboxylic acids is 1. The Morgan fingerprint density at radius 3 is 2.15 bits per heavy atom. The molecule has 0 saturated carbocycles. The molecule has 130 valence electrons.